The van der Waals surface area contributed by atoms with E-state index < -0.39 is 0 Å². The SMILES string of the molecule is CCNCCCc1cn[nH]c1. The highest BCUT2D eigenvalue weighted by molar-refractivity contribution is 5.01. The molecule has 3 heteroatoms. The van der Waals surface area contributed by atoms with E-state index in [0.717, 1.165) is 19.5 Å². The Balaban J connectivity index is 2.04. The lowest BCUT2D eigenvalue weighted by atomic mass is 10.2. The summed E-state index contributed by atoms with van der Waals surface area (Å²) in [6, 6.07) is 0. The fraction of sp³-hybridized carbons (Fsp3) is 0.625. The van der Waals surface area contributed by atoms with Crippen LogP contribution < -0.4 is 5.32 Å². The number of H-pyrrole nitrogens is 1. The maximum absolute atomic E-state index is 3.88. The van der Waals surface area contributed by atoms with Crippen molar-refractivity contribution in [2.24, 2.45) is 0 Å². The van der Waals surface area contributed by atoms with Gasteiger partial charge in [-0.1, -0.05) is 6.92 Å². The van der Waals surface area contributed by atoms with Gasteiger partial charge in [-0.3, -0.25) is 5.10 Å². The first-order valence-electron chi connectivity index (χ1n) is 4.12. The maximum Gasteiger partial charge on any atom is 0.0519 e. The zero-order valence-electron chi connectivity index (χ0n) is 6.93. The largest absolute Gasteiger partial charge is 0.317 e. The molecule has 0 fully saturated rings. The molecule has 0 spiro atoms. The zero-order valence-corrected chi connectivity index (χ0v) is 6.93. The van der Waals surface area contributed by atoms with Crippen LogP contribution in [0.1, 0.15) is 18.9 Å². The molecule has 1 aromatic rings. The van der Waals surface area contributed by atoms with Crippen LogP contribution >= 0.6 is 0 Å². The molecule has 11 heavy (non-hydrogen) atoms. The Morgan fingerprint density at radius 3 is 3.18 bits per heavy atom. The van der Waals surface area contributed by atoms with E-state index in [9.17, 15) is 0 Å². The van der Waals surface area contributed by atoms with Gasteiger partial charge >= 0.3 is 0 Å². The number of aromatic nitrogens is 2. The van der Waals surface area contributed by atoms with E-state index in [1.54, 1.807) is 0 Å². The quantitative estimate of drug-likeness (QED) is 0.618. The van der Waals surface area contributed by atoms with E-state index in [2.05, 4.69) is 22.4 Å². The lowest BCUT2D eigenvalue weighted by Gasteiger charge is -1.98. The first-order valence-corrected chi connectivity index (χ1v) is 4.12. The predicted molar refractivity (Wildman–Crippen MR) is 45.5 cm³/mol. The summed E-state index contributed by atoms with van der Waals surface area (Å²) in [7, 11) is 0. The number of aryl methyl sites for hydroxylation is 1. The summed E-state index contributed by atoms with van der Waals surface area (Å²) in [6.45, 7) is 4.28. The molecule has 1 heterocycles. The van der Waals surface area contributed by atoms with Crippen LogP contribution in [0.15, 0.2) is 12.4 Å². The standard InChI is InChI=1S/C8H15N3/c1-2-9-5-3-4-8-6-10-11-7-8/h6-7,9H,2-5H2,1H3,(H,10,11). The van der Waals surface area contributed by atoms with Crippen LogP contribution in [0, 0.1) is 0 Å². The van der Waals surface area contributed by atoms with Gasteiger partial charge in [-0.05, 0) is 31.5 Å². The minimum absolute atomic E-state index is 1.06. The van der Waals surface area contributed by atoms with Crippen LogP contribution in [0.5, 0.6) is 0 Å². The summed E-state index contributed by atoms with van der Waals surface area (Å²) < 4.78 is 0. The minimum Gasteiger partial charge on any atom is -0.317 e. The van der Waals surface area contributed by atoms with Gasteiger partial charge < -0.3 is 5.32 Å². The molecule has 0 atom stereocenters. The predicted octanol–water partition coefficient (Wildman–Crippen LogP) is 0.952. The number of nitrogens with one attached hydrogen (secondary N) is 2. The van der Waals surface area contributed by atoms with Crippen molar-refractivity contribution in [1.82, 2.24) is 15.5 Å². The van der Waals surface area contributed by atoms with Gasteiger partial charge in [-0.25, -0.2) is 0 Å². The first-order chi connectivity index (χ1) is 5.43. The minimum atomic E-state index is 1.06. The summed E-state index contributed by atoms with van der Waals surface area (Å²) >= 11 is 0. The number of hydrogen-bond acceptors (Lipinski definition) is 2. The molecular formula is C8H15N3. The Morgan fingerprint density at radius 2 is 2.55 bits per heavy atom. The molecule has 0 unspecified atom stereocenters. The monoisotopic (exact) mass is 153 g/mol. The summed E-state index contributed by atoms with van der Waals surface area (Å²) in [5, 5.41) is 9.96. The fourth-order valence-corrected chi connectivity index (χ4v) is 1.01. The molecule has 0 saturated heterocycles. The fourth-order valence-electron chi connectivity index (χ4n) is 1.01. The number of aromatic amines is 1. The number of hydrogen-bond donors (Lipinski definition) is 2. The topological polar surface area (TPSA) is 40.7 Å². The Kier molecular flexibility index (Phi) is 3.69. The summed E-state index contributed by atoms with van der Waals surface area (Å²) in [6.07, 6.45) is 6.13. The smallest absolute Gasteiger partial charge is 0.0519 e. The van der Waals surface area contributed by atoms with Crippen LogP contribution in [-0.4, -0.2) is 23.3 Å². The molecule has 62 valence electrons. The van der Waals surface area contributed by atoms with Gasteiger partial charge in [0.1, 0.15) is 0 Å². The Morgan fingerprint density at radius 1 is 1.64 bits per heavy atom. The third-order valence-electron chi connectivity index (χ3n) is 1.62. The zero-order chi connectivity index (χ0) is 7.94. The van der Waals surface area contributed by atoms with Crippen LogP contribution in [0.4, 0.5) is 0 Å². The van der Waals surface area contributed by atoms with Crippen LogP contribution in [-0.2, 0) is 6.42 Å². The van der Waals surface area contributed by atoms with Gasteiger partial charge in [0.15, 0.2) is 0 Å². The van der Waals surface area contributed by atoms with E-state index in [1.165, 1.54) is 12.0 Å². The Labute approximate surface area is 67.2 Å². The maximum atomic E-state index is 3.88. The van der Waals surface area contributed by atoms with Gasteiger partial charge in [-0.15, -0.1) is 0 Å². The van der Waals surface area contributed by atoms with Crippen molar-refractivity contribution >= 4 is 0 Å². The normalized spacial score (nSPS) is 10.3. The lowest BCUT2D eigenvalue weighted by molar-refractivity contribution is 0.673. The molecule has 0 aromatic carbocycles. The van der Waals surface area contributed by atoms with Crippen molar-refractivity contribution in [3.8, 4) is 0 Å². The molecule has 0 radical (unpaired) electrons. The van der Waals surface area contributed by atoms with Crippen LogP contribution in [0.2, 0.25) is 0 Å². The third kappa shape index (κ3) is 3.18. The van der Waals surface area contributed by atoms with Crippen LogP contribution in [0.25, 0.3) is 0 Å². The Hall–Kier alpha value is -0.830. The highest BCUT2D eigenvalue weighted by Gasteiger charge is 1.91. The van der Waals surface area contributed by atoms with Gasteiger partial charge in [0.05, 0.1) is 6.20 Å². The van der Waals surface area contributed by atoms with Crippen molar-refractivity contribution in [3.63, 3.8) is 0 Å². The highest BCUT2D eigenvalue weighted by atomic mass is 15.1. The van der Waals surface area contributed by atoms with E-state index >= 15 is 0 Å². The molecule has 1 rings (SSSR count). The van der Waals surface area contributed by atoms with Gasteiger partial charge in [0.25, 0.3) is 0 Å². The summed E-state index contributed by atoms with van der Waals surface area (Å²) in [5.74, 6) is 0. The molecule has 0 amide bonds. The second-order valence-electron chi connectivity index (χ2n) is 2.56. The van der Waals surface area contributed by atoms with Gasteiger partial charge in [0.2, 0.25) is 0 Å². The molecular weight excluding hydrogens is 138 g/mol. The van der Waals surface area contributed by atoms with Crippen LogP contribution in [0.3, 0.4) is 0 Å². The average Bonchev–Trinajstić information content (AvgIpc) is 2.50. The molecule has 0 aliphatic heterocycles. The van der Waals surface area contributed by atoms with Crippen molar-refractivity contribution in [3.05, 3.63) is 18.0 Å². The molecule has 2 N–H and O–H groups in total. The second-order valence-corrected chi connectivity index (χ2v) is 2.56. The lowest BCUT2D eigenvalue weighted by Crippen LogP contribution is -2.14. The third-order valence-corrected chi connectivity index (χ3v) is 1.62. The van der Waals surface area contributed by atoms with E-state index in [0.29, 0.717) is 0 Å². The van der Waals surface area contributed by atoms with Gasteiger partial charge in [-0.2, -0.15) is 5.10 Å². The Bertz CT molecular complexity index is 169. The molecule has 0 aliphatic carbocycles. The van der Waals surface area contributed by atoms with Gasteiger partial charge in [0, 0.05) is 6.20 Å². The highest BCUT2D eigenvalue weighted by Crippen LogP contribution is 1.97. The molecule has 0 bridgehead atoms. The van der Waals surface area contributed by atoms with Crippen molar-refractivity contribution < 1.29 is 0 Å². The molecule has 0 aliphatic rings. The first kappa shape index (κ1) is 8.27. The van der Waals surface area contributed by atoms with E-state index in [4.69, 9.17) is 0 Å². The summed E-state index contributed by atoms with van der Waals surface area (Å²) in [4.78, 5) is 0. The molecule has 1 aromatic heterocycles. The van der Waals surface area contributed by atoms with E-state index in [-0.39, 0.29) is 0 Å². The van der Waals surface area contributed by atoms with E-state index in [1.807, 2.05) is 12.4 Å². The second kappa shape index (κ2) is 4.91. The molecule has 0 saturated carbocycles. The van der Waals surface area contributed by atoms with Crippen molar-refractivity contribution in [1.29, 1.82) is 0 Å². The van der Waals surface area contributed by atoms with Crippen molar-refractivity contribution in [2.75, 3.05) is 13.1 Å². The molecule has 3 nitrogen and oxygen atoms in total. The summed E-state index contributed by atoms with van der Waals surface area (Å²) in [5.41, 5.74) is 1.29. The van der Waals surface area contributed by atoms with Crippen molar-refractivity contribution in [2.45, 2.75) is 19.8 Å². The number of nitrogens with zero attached hydrogens (tertiary/aromatic N) is 1. The number of rotatable bonds is 5. The average molecular weight is 153 g/mol.